The molecule has 0 aromatic carbocycles. The van der Waals surface area contributed by atoms with Crippen molar-refractivity contribution in [2.75, 3.05) is 18.4 Å². The number of nitrogens with one attached hydrogen (secondary N) is 1. The lowest BCUT2D eigenvalue weighted by molar-refractivity contribution is 0.0691. The van der Waals surface area contributed by atoms with Crippen LogP contribution in [0, 0.1) is 5.92 Å². The number of likely N-dealkylation sites (tertiary alicyclic amines) is 1. The molecule has 120 valence electrons. The normalized spacial score (nSPS) is 15.4. The number of aromatic nitrogens is 3. The van der Waals surface area contributed by atoms with Crippen LogP contribution in [0.3, 0.4) is 0 Å². The van der Waals surface area contributed by atoms with E-state index in [2.05, 4.69) is 27.2 Å². The van der Waals surface area contributed by atoms with Gasteiger partial charge in [-0.15, -0.1) is 0 Å². The van der Waals surface area contributed by atoms with Gasteiger partial charge in [-0.2, -0.15) is 0 Å². The lowest BCUT2D eigenvalue weighted by atomic mass is 9.99. The van der Waals surface area contributed by atoms with Gasteiger partial charge in [0, 0.05) is 32.0 Å². The number of pyridine rings is 1. The standard InChI is InChI=1S/C17H21N5O/c1-13-4-8-22(9-5-13)17(23)15-11-21-16(12-19-15)20-10-14-2-6-18-7-3-14/h2-3,6-7,11-13H,4-5,8-10H2,1H3,(H,20,21). The number of rotatable bonds is 4. The number of anilines is 1. The molecule has 0 atom stereocenters. The number of carbonyl (C=O) groups excluding carboxylic acids is 1. The molecule has 0 radical (unpaired) electrons. The average molecular weight is 311 g/mol. The third kappa shape index (κ3) is 4.03. The Balaban J connectivity index is 1.57. The lowest BCUT2D eigenvalue weighted by Crippen LogP contribution is -2.38. The first-order chi connectivity index (χ1) is 11.2. The Kier molecular flexibility index (Phi) is 4.80. The second kappa shape index (κ2) is 7.17. The highest BCUT2D eigenvalue weighted by molar-refractivity contribution is 5.92. The molecule has 23 heavy (non-hydrogen) atoms. The summed E-state index contributed by atoms with van der Waals surface area (Å²) in [7, 11) is 0. The van der Waals surface area contributed by atoms with Gasteiger partial charge in [0.05, 0.1) is 12.4 Å². The largest absolute Gasteiger partial charge is 0.365 e. The number of hydrogen-bond acceptors (Lipinski definition) is 5. The van der Waals surface area contributed by atoms with Crippen molar-refractivity contribution in [3.63, 3.8) is 0 Å². The topological polar surface area (TPSA) is 71.0 Å². The molecular formula is C17H21N5O. The Labute approximate surface area is 136 Å². The lowest BCUT2D eigenvalue weighted by Gasteiger charge is -2.29. The fourth-order valence-electron chi connectivity index (χ4n) is 2.60. The Morgan fingerprint density at radius 2 is 1.96 bits per heavy atom. The van der Waals surface area contributed by atoms with Crippen LogP contribution in [0.15, 0.2) is 36.9 Å². The van der Waals surface area contributed by atoms with Crippen molar-refractivity contribution in [1.82, 2.24) is 19.9 Å². The molecule has 0 aliphatic carbocycles. The third-order valence-corrected chi connectivity index (χ3v) is 4.16. The highest BCUT2D eigenvalue weighted by Crippen LogP contribution is 2.17. The highest BCUT2D eigenvalue weighted by atomic mass is 16.2. The van der Waals surface area contributed by atoms with Gasteiger partial charge in [-0.1, -0.05) is 6.92 Å². The number of piperidine rings is 1. The summed E-state index contributed by atoms with van der Waals surface area (Å²) in [5.74, 6) is 1.33. The summed E-state index contributed by atoms with van der Waals surface area (Å²) in [5.41, 5.74) is 1.53. The molecule has 2 aromatic heterocycles. The van der Waals surface area contributed by atoms with Crippen molar-refractivity contribution in [3.8, 4) is 0 Å². The van der Waals surface area contributed by atoms with E-state index in [9.17, 15) is 4.79 Å². The zero-order valence-electron chi connectivity index (χ0n) is 13.3. The number of carbonyl (C=O) groups is 1. The van der Waals surface area contributed by atoms with E-state index in [-0.39, 0.29) is 5.91 Å². The summed E-state index contributed by atoms with van der Waals surface area (Å²) < 4.78 is 0. The van der Waals surface area contributed by atoms with Gasteiger partial charge in [0.2, 0.25) is 0 Å². The molecule has 1 N–H and O–H groups in total. The second-order valence-electron chi connectivity index (χ2n) is 5.97. The Hall–Kier alpha value is -2.50. The van der Waals surface area contributed by atoms with Crippen molar-refractivity contribution in [1.29, 1.82) is 0 Å². The van der Waals surface area contributed by atoms with Crippen LogP contribution in [0.5, 0.6) is 0 Å². The van der Waals surface area contributed by atoms with E-state index in [1.165, 1.54) is 0 Å². The van der Waals surface area contributed by atoms with E-state index < -0.39 is 0 Å². The fraction of sp³-hybridized carbons (Fsp3) is 0.412. The minimum atomic E-state index is -0.0231. The molecular weight excluding hydrogens is 290 g/mol. The van der Waals surface area contributed by atoms with Gasteiger partial charge < -0.3 is 10.2 Å². The number of hydrogen-bond donors (Lipinski definition) is 1. The summed E-state index contributed by atoms with van der Waals surface area (Å²) in [6.07, 6.45) is 8.79. The maximum atomic E-state index is 12.4. The molecule has 3 heterocycles. The second-order valence-corrected chi connectivity index (χ2v) is 5.97. The maximum Gasteiger partial charge on any atom is 0.274 e. The molecule has 6 heteroatoms. The van der Waals surface area contributed by atoms with Gasteiger partial charge in [-0.05, 0) is 36.5 Å². The van der Waals surface area contributed by atoms with Crippen LogP contribution in [0.1, 0.15) is 35.8 Å². The zero-order valence-corrected chi connectivity index (χ0v) is 13.3. The summed E-state index contributed by atoms with van der Waals surface area (Å²) in [6.45, 7) is 4.49. The zero-order chi connectivity index (χ0) is 16.1. The van der Waals surface area contributed by atoms with Gasteiger partial charge in [0.15, 0.2) is 0 Å². The van der Waals surface area contributed by atoms with Crippen molar-refractivity contribution in [2.45, 2.75) is 26.3 Å². The summed E-state index contributed by atoms with van der Waals surface area (Å²) in [4.78, 5) is 26.8. The van der Waals surface area contributed by atoms with Crippen LogP contribution in [0.4, 0.5) is 5.82 Å². The van der Waals surface area contributed by atoms with E-state index in [4.69, 9.17) is 0 Å². The van der Waals surface area contributed by atoms with Crippen molar-refractivity contribution in [2.24, 2.45) is 5.92 Å². The number of nitrogens with zero attached hydrogens (tertiary/aromatic N) is 4. The summed E-state index contributed by atoms with van der Waals surface area (Å²) in [6, 6.07) is 3.88. The summed E-state index contributed by atoms with van der Waals surface area (Å²) >= 11 is 0. The minimum Gasteiger partial charge on any atom is -0.365 e. The van der Waals surface area contributed by atoms with E-state index in [1.807, 2.05) is 17.0 Å². The Morgan fingerprint density at radius 3 is 2.61 bits per heavy atom. The van der Waals surface area contributed by atoms with Crippen LogP contribution in [-0.4, -0.2) is 38.8 Å². The first-order valence-electron chi connectivity index (χ1n) is 7.96. The molecule has 3 rings (SSSR count). The first kappa shape index (κ1) is 15.4. The van der Waals surface area contributed by atoms with E-state index in [1.54, 1.807) is 24.8 Å². The Morgan fingerprint density at radius 1 is 1.22 bits per heavy atom. The minimum absolute atomic E-state index is 0.0231. The molecule has 0 spiro atoms. The predicted octanol–water partition coefficient (Wildman–Crippen LogP) is 2.36. The molecule has 0 saturated carbocycles. The molecule has 1 fully saturated rings. The predicted molar refractivity (Wildman–Crippen MR) is 87.9 cm³/mol. The van der Waals surface area contributed by atoms with Gasteiger partial charge in [0.25, 0.3) is 5.91 Å². The van der Waals surface area contributed by atoms with Crippen LogP contribution in [0.2, 0.25) is 0 Å². The SMILES string of the molecule is CC1CCN(C(=O)c2cnc(NCc3ccncc3)cn2)CC1. The van der Waals surface area contributed by atoms with Crippen LogP contribution >= 0.6 is 0 Å². The van der Waals surface area contributed by atoms with Gasteiger partial charge in [0.1, 0.15) is 11.5 Å². The summed E-state index contributed by atoms with van der Waals surface area (Å²) in [5, 5.41) is 3.19. The van der Waals surface area contributed by atoms with E-state index in [0.29, 0.717) is 24.0 Å². The number of amides is 1. The molecule has 1 saturated heterocycles. The molecule has 2 aromatic rings. The monoisotopic (exact) mass is 311 g/mol. The van der Waals surface area contributed by atoms with E-state index in [0.717, 1.165) is 31.5 Å². The van der Waals surface area contributed by atoms with E-state index >= 15 is 0 Å². The van der Waals surface area contributed by atoms with Gasteiger partial charge in [-0.3, -0.25) is 9.78 Å². The third-order valence-electron chi connectivity index (χ3n) is 4.16. The maximum absolute atomic E-state index is 12.4. The van der Waals surface area contributed by atoms with Crippen LogP contribution < -0.4 is 5.32 Å². The van der Waals surface area contributed by atoms with Crippen LogP contribution in [-0.2, 0) is 6.54 Å². The first-order valence-corrected chi connectivity index (χ1v) is 7.96. The highest BCUT2D eigenvalue weighted by Gasteiger charge is 2.22. The molecule has 1 aliphatic rings. The van der Waals surface area contributed by atoms with Gasteiger partial charge in [-0.25, -0.2) is 9.97 Å². The fourth-order valence-corrected chi connectivity index (χ4v) is 2.60. The smallest absolute Gasteiger partial charge is 0.274 e. The van der Waals surface area contributed by atoms with Gasteiger partial charge >= 0.3 is 0 Å². The quantitative estimate of drug-likeness (QED) is 0.938. The van der Waals surface area contributed by atoms with Crippen molar-refractivity contribution < 1.29 is 4.79 Å². The molecule has 1 amide bonds. The average Bonchev–Trinajstić information content (AvgIpc) is 2.61. The molecule has 6 nitrogen and oxygen atoms in total. The van der Waals surface area contributed by atoms with Crippen LogP contribution in [0.25, 0.3) is 0 Å². The molecule has 0 unspecified atom stereocenters. The van der Waals surface area contributed by atoms with Crippen molar-refractivity contribution in [3.05, 3.63) is 48.2 Å². The Bertz CT molecular complexity index is 636. The van der Waals surface area contributed by atoms with Crippen molar-refractivity contribution >= 4 is 11.7 Å². The molecule has 0 bridgehead atoms. The molecule has 1 aliphatic heterocycles.